The van der Waals surface area contributed by atoms with E-state index in [-0.39, 0.29) is 18.4 Å². The van der Waals surface area contributed by atoms with E-state index in [2.05, 4.69) is 5.32 Å². The summed E-state index contributed by atoms with van der Waals surface area (Å²) in [4.78, 5) is 13.6. The molecular weight excluding hydrogens is 324 g/mol. The maximum atomic E-state index is 13.7. The number of carbonyl (C=O) groups excluding carboxylic acids is 1. The van der Waals surface area contributed by atoms with Crippen LogP contribution in [0.15, 0.2) is 18.2 Å². The van der Waals surface area contributed by atoms with Crippen LogP contribution in [0.25, 0.3) is 0 Å². The molecule has 1 saturated heterocycles. The Hall–Kier alpha value is -1.34. The van der Waals surface area contributed by atoms with Crippen LogP contribution in [0.5, 0.6) is 0 Å². The first-order valence-electron chi connectivity index (χ1n) is 6.66. The first-order chi connectivity index (χ1) is 9.82. The number of amides is 1. The summed E-state index contributed by atoms with van der Waals surface area (Å²) in [6.07, 6.45) is -3.20. The second-order valence-electron chi connectivity index (χ2n) is 5.05. The molecule has 1 aliphatic heterocycles. The van der Waals surface area contributed by atoms with Crippen LogP contribution in [0.1, 0.15) is 28.8 Å². The van der Waals surface area contributed by atoms with E-state index < -0.39 is 29.0 Å². The van der Waals surface area contributed by atoms with E-state index in [1.54, 1.807) is 0 Å². The van der Waals surface area contributed by atoms with Crippen LogP contribution in [0.2, 0.25) is 0 Å². The molecule has 1 aromatic rings. The van der Waals surface area contributed by atoms with Crippen molar-refractivity contribution in [3.05, 3.63) is 35.1 Å². The molecule has 0 unspecified atom stereocenters. The van der Waals surface area contributed by atoms with Crippen LogP contribution in [0, 0.1) is 5.82 Å². The Morgan fingerprint density at radius 2 is 1.86 bits per heavy atom. The van der Waals surface area contributed by atoms with Gasteiger partial charge in [-0.25, -0.2) is 4.39 Å². The maximum absolute atomic E-state index is 13.7. The van der Waals surface area contributed by atoms with E-state index in [9.17, 15) is 22.4 Å². The molecule has 1 heterocycles. The van der Waals surface area contributed by atoms with Gasteiger partial charge in [-0.1, -0.05) is 0 Å². The molecule has 0 aromatic heterocycles. The van der Waals surface area contributed by atoms with Gasteiger partial charge in [0, 0.05) is 19.1 Å². The molecule has 3 nitrogen and oxygen atoms in total. The lowest BCUT2D eigenvalue weighted by molar-refractivity contribution is -0.137. The van der Waals surface area contributed by atoms with Gasteiger partial charge >= 0.3 is 6.18 Å². The van der Waals surface area contributed by atoms with Gasteiger partial charge in [0.15, 0.2) is 0 Å². The number of benzene rings is 1. The Morgan fingerprint density at radius 3 is 2.36 bits per heavy atom. The number of hydrogen-bond acceptors (Lipinski definition) is 2. The highest BCUT2D eigenvalue weighted by atomic mass is 35.5. The molecule has 1 amide bonds. The van der Waals surface area contributed by atoms with E-state index >= 15 is 0 Å². The van der Waals surface area contributed by atoms with Gasteiger partial charge in [0.25, 0.3) is 5.91 Å². The van der Waals surface area contributed by atoms with E-state index in [0.29, 0.717) is 44.1 Å². The number of nitrogens with one attached hydrogen (secondary N) is 1. The second-order valence-corrected chi connectivity index (χ2v) is 5.05. The first kappa shape index (κ1) is 18.7. The largest absolute Gasteiger partial charge is 0.416 e. The minimum Gasteiger partial charge on any atom is -0.338 e. The number of halogens is 5. The zero-order chi connectivity index (χ0) is 15.6. The number of hydrogen-bond donors (Lipinski definition) is 1. The van der Waals surface area contributed by atoms with Crippen molar-refractivity contribution in [1.82, 2.24) is 10.2 Å². The fourth-order valence-electron chi connectivity index (χ4n) is 2.41. The Balaban J connectivity index is 0.00000242. The van der Waals surface area contributed by atoms with E-state index in [4.69, 9.17) is 0 Å². The third-order valence-electron chi connectivity index (χ3n) is 3.71. The quantitative estimate of drug-likeness (QED) is 0.839. The van der Waals surface area contributed by atoms with Crippen molar-refractivity contribution in [2.45, 2.75) is 25.1 Å². The zero-order valence-electron chi connectivity index (χ0n) is 11.9. The predicted octanol–water partition coefficient (Wildman–Crippen LogP) is 3.09. The summed E-state index contributed by atoms with van der Waals surface area (Å²) < 4.78 is 51.6. The molecule has 0 radical (unpaired) electrons. The van der Waals surface area contributed by atoms with Crippen molar-refractivity contribution in [3.8, 4) is 0 Å². The molecule has 22 heavy (non-hydrogen) atoms. The number of nitrogens with zero attached hydrogens (tertiary/aromatic N) is 1. The summed E-state index contributed by atoms with van der Waals surface area (Å²) in [6, 6.07) is 2.19. The average Bonchev–Trinajstić information content (AvgIpc) is 2.46. The maximum Gasteiger partial charge on any atom is 0.416 e. The van der Waals surface area contributed by atoms with Gasteiger partial charge in [0.2, 0.25) is 0 Å². The molecule has 1 fully saturated rings. The molecule has 0 bridgehead atoms. The summed E-state index contributed by atoms with van der Waals surface area (Å²) in [7, 11) is 1.81. The smallest absolute Gasteiger partial charge is 0.338 e. The van der Waals surface area contributed by atoms with Gasteiger partial charge in [-0.3, -0.25) is 4.79 Å². The summed E-state index contributed by atoms with van der Waals surface area (Å²) in [5.41, 5.74) is -1.54. The van der Waals surface area contributed by atoms with Crippen molar-refractivity contribution in [3.63, 3.8) is 0 Å². The lowest BCUT2D eigenvalue weighted by atomic mass is 10.0. The monoisotopic (exact) mass is 340 g/mol. The second kappa shape index (κ2) is 7.28. The molecule has 1 N–H and O–H groups in total. The molecule has 0 spiro atoms. The Labute approximate surface area is 132 Å². The predicted molar refractivity (Wildman–Crippen MR) is 76.6 cm³/mol. The molecule has 124 valence electrons. The van der Waals surface area contributed by atoms with Crippen molar-refractivity contribution < 1.29 is 22.4 Å². The molecule has 8 heteroatoms. The fraction of sp³-hybridized carbons (Fsp3) is 0.500. The Kier molecular flexibility index (Phi) is 6.19. The molecule has 1 aliphatic rings. The number of likely N-dealkylation sites (tertiary alicyclic amines) is 1. The van der Waals surface area contributed by atoms with E-state index in [1.165, 1.54) is 4.90 Å². The summed E-state index contributed by atoms with van der Waals surface area (Å²) in [5, 5.41) is 3.08. The molecule has 0 saturated carbocycles. The van der Waals surface area contributed by atoms with Crippen molar-refractivity contribution in [1.29, 1.82) is 0 Å². The Morgan fingerprint density at radius 1 is 1.27 bits per heavy atom. The van der Waals surface area contributed by atoms with Gasteiger partial charge in [-0.2, -0.15) is 13.2 Å². The van der Waals surface area contributed by atoms with E-state index in [1.807, 2.05) is 7.05 Å². The minimum absolute atomic E-state index is 0. The summed E-state index contributed by atoms with van der Waals surface area (Å²) in [6.45, 7) is 0.806. The number of carbonyl (C=O) groups is 1. The SMILES string of the molecule is CNC1CCN(C(=O)c2cc(C(F)(F)F)ccc2F)CC1.Cl. The van der Waals surface area contributed by atoms with Gasteiger partial charge in [-0.15, -0.1) is 12.4 Å². The van der Waals surface area contributed by atoms with Crippen LogP contribution in [0.4, 0.5) is 17.6 Å². The highest BCUT2D eigenvalue weighted by Gasteiger charge is 2.33. The lowest BCUT2D eigenvalue weighted by Crippen LogP contribution is -2.44. The van der Waals surface area contributed by atoms with Crippen LogP contribution >= 0.6 is 12.4 Å². The van der Waals surface area contributed by atoms with Crippen LogP contribution in [-0.4, -0.2) is 37.0 Å². The Bertz CT molecular complexity index is 528. The standard InChI is InChI=1S/C14H16F4N2O.ClH/c1-19-10-4-6-20(7-5-10)13(21)11-8-9(14(16,17)18)2-3-12(11)15;/h2-3,8,10,19H,4-7H2,1H3;1H. The van der Waals surface area contributed by atoms with Gasteiger partial charge < -0.3 is 10.2 Å². The zero-order valence-corrected chi connectivity index (χ0v) is 12.7. The van der Waals surface area contributed by atoms with Crippen LogP contribution in [0.3, 0.4) is 0 Å². The minimum atomic E-state index is -4.60. The molecule has 0 atom stereocenters. The molecule has 1 aromatic carbocycles. The van der Waals surface area contributed by atoms with Crippen molar-refractivity contribution in [2.75, 3.05) is 20.1 Å². The highest BCUT2D eigenvalue weighted by Crippen LogP contribution is 2.30. The molecular formula is C14H17ClF4N2O. The van der Waals surface area contributed by atoms with Crippen molar-refractivity contribution in [2.24, 2.45) is 0 Å². The number of piperidine rings is 1. The third kappa shape index (κ3) is 4.10. The van der Waals surface area contributed by atoms with Gasteiger partial charge in [0.05, 0.1) is 11.1 Å². The normalized spacial score (nSPS) is 16.3. The summed E-state index contributed by atoms with van der Waals surface area (Å²) >= 11 is 0. The van der Waals surface area contributed by atoms with E-state index in [0.717, 1.165) is 0 Å². The fourth-order valence-corrected chi connectivity index (χ4v) is 2.41. The lowest BCUT2D eigenvalue weighted by Gasteiger charge is -2.32. The van der Waals surface area contributed by atoms with Crippen LogP contribution in [-0.2, 0) is 6.18 Å². The van der Waals surface area contributed by atoms with Crippen molar-refractivity contribution >= 4 is 18.3 Å². The number of rotatable bonds is 2. The summed E-state index contributed by atoms with van der Waals surface area (Å²) in [5.74, 6) is -1.61. The van der Waals surface area contributed by atoms with Crippen LogP contribution < -0.4 is 5.32 Å². The third-order valence-corrected chi connectivity index (χ3v) is 3.71. The number of alkyl halides is 3. The highest BCUT2D eigenvalue weighted by molar-refractivity contribution is 5.94. The van der Waals surface area contributed by atoms with Gasteiger partial charge in [-0.05, 0) is 38.1 Å². The van der Waals surface area contributed by atoms with Gasteiger partial charge in [0.1, 0.15) is 5.82 Å². The molecule has 2 rings (SSSR count). The first-order valence-corrected chi connectivity index (χ1v) is 6.66. The topological polar surface area (TPSA) is 32.3 Å². The average molecular weight is 341 g/mol. The molecule has 0 aliphatic carbocycles.